The largest absolute Gasteiger partial charge is 0.379 e. The molecule has 0 unspecified atom stereocenters. The molecule has 2 aromatic heterocycles. The molecule has 0 bridgehead atoms. The Kier molecular flexibility index (Phi) is 5.96. The lowest BCUT2D eigenvalue weighted by atomic mass is 10.1. The minimum atomic E-state index is -0.0787. The summed E-state index contributed by atoms with van der Waals surface area (Å²) in [7, 11) is 0. The van der Waals surface area contributed by atoms with Gasteiger partial charge in [-0.05, 0) is 32.4 Å². The summed E-state index contributed by atoms with van der Waals surface area (Å²) in [6.45, 7) is 6.17. The van der Waals surface area contributed by atoms with Gasteiger partial charge in [-0.1, -0.05) is 30.3 Å². The summed E-state index contributed by atoms with van der Waals surface area (Å²) in [5.41, 5.74) is 1.90. The zero-order valence-electron chi connectivity index (χ0n) is 14.5. The molecule has 0 atom stereocenters. The van der Waals surface area contributed by atoms with Crippen LogP contribution < -0.4 is 10.9 Å². The van der Waals surface area contributed by atoms with Crippen LogP contribution in [0.2, 0.25) is 0 Å². The van der Waals surface area contributed by atoms with E-state index in [9.17, 15) is 4.79 Å². The molecule has 2 N–H and O–H groups in total. The molecular formula is C19H23N3O2S. The maximum atomic E-state index is 12.5. The summed E-state index contributed by atoms with van der Waals surface area (Å²) >= 11 is 1.51. The second-order valence-corrected chi connectivity index (χ2v) is 7.02. The van der Waals surface area contributed by atoms with Crippen molar-refractivity contribution in [3.05, 3.63) is 51.9 Å². The highest BCUT2D eigenvalue weighted by atomic mass is 32.1. The number of ether oxygens (including phenoxy) is 1. The monoisotopic (exact) mass is 357 g/mol. The first kappa shape index (κ1) is 17.8. The lowest BCUT2D eigenvalue weighted by molar-refractivity contribution is 0.0770. The van der Waals surface area contributed by atoms with Crippen LogP contribution in [0.3, 0.4) is 0 Å². The topological polar surface area (TPSA) is 67.0 Å². The average molecular weight is 357 g/mol. The zero-order valence-corrected chi connectivity index (χ0v) is 15.4. The molecule has 6 heteroatoms. The molecule has 0 saturated heterocycles. The summed E-state index contributed by atoms with van der Waals surface area (Å²) in [5, 5.41) is 5.97. The van der Waals surface area contributed by atoms with Gasteiger partial charge in [0.05, 0.1) is 18.0 Å². The molecule has 3 aromatic rings. The molecule has 25 heavy (non-hydrogen) atoms. The number of hydrogen-bond donors (Lipinski definition) is 2. The number of aromatic amines is 1. The van der Waals surface area contributed by atoms with Gasteiger partial charge in [-0.3, -0.25) is 4.79 Å². The van der Waals surface area contributed by atoms with E-state index in [1.165, 1.54) is 11.3 Å². The maximum absolute atomic E-state index is 12.5. The van der Waals surface area contributed by atoms with E-state index in [0.29, 0.717) is 17.8 Å². The van der Waals surface area contributed by atoms with Crippen LogP contribution in [-0.2, 0) is 11.3 Å². The van der Waals surface area contributed by atoms with E-state index >= 15 is 0 Å². The van der Waals surface area contributed by atoms with Crippen LogP contribution in [0.1, 0.15) is 26.1 Å². The molecule has 0 aliphatic rings. The number of rotatable bonds is 8. The number of fused-ring (bicyclic) bond motifs is 1. The van der Waals surface area contributed by atoms with Crippen molar-refractivity contribution in [2.24, 2.45) is 0 Å². The number of nitrogens with zero attached hydrogens (tertiary/aromatic N) is 1. The van der Waals surface area contributed by atoms with Gasteiger partial charge in [-0.2, -0.15) is 0 Å². The van der Waals surface area contributed by atoms with E-state index in [1.54, 1.807) is 0 Å². The molecular weight excluding hydrogens is 334 g/mol. The molecule has 2 heterocycles. The normalized spacial score (nSPS) is 11.5. The van der Waals surface area contributed by atoms with Gasteiger partial charge in [0.2, 0.25) is 0 Å². The molecule has 0 spiro atoms. The Balaban J connectivity index is 1.68. The molecule has 3 rings (SSSR count). The quantitative estimate of drug-likeness (QED) is 0.605. The van der Waals surface area contributed by atoms with Gasteiger partial charge in [-0.25, -0.2) is 4.98 Å². The third-order valence-electron chi connectivity index (χ3n) is 3.82. The lowest BCUT2D eigenvalue weighted by Crippen LogP contribution is -2.21. The third-order valence-corrected chi connectivity index (χ3v) is 4.69. The maximum Gasteiger partial charge on any atom is 0.260 e. The fraction of sp³-hybridized carbons (Fsp3) is 0.368. The Hall–Kier alpha value is -2.02. The Morgan fingerprint density at radius 3 is 2.84 bits per heavy atom. The standard InChI is InChI=1S/C19H23N3O2S/c1-13(2)24-10-6-9-20-11-16-21-18(23)17-15(12-25-19(17)22-16)14-7-4-3-5-8-14/h3-5,7-8,12-13,20H,6,9-11H2,1-2H3,(H,21,22,23). The first-order valence-electron chi connectivity index (χ1n) is 8.53. The van der Waals surface area contributed by atoms with Crippen LogP contribution >= 0.6 is 11.3 Å². The molecule has 0 radical (unpaired) electrons. The Morgan fingerprint density at radius 2 is 2.08 bits per heavy atom. The van der Waals surface area contributed by atoms with Crippen molar-refractivity contribution in [1.29, 1.82) is 0 Å². The number of hydrogen-bond acceptors (Lipinski definition) is 5. The fourth-order valence-electron chi connectivity index (χ4n) is 2.63. The van der Waals surface area contributed by atoms with E-state index in [1.807, 2.05) is 49.6 Å². The fourth-order valence-corrected chi connectivity index (χ4v) is 3.60. The number of nitrogens with one attached hydrogen (secondary N) is 2. The van der Waals surface area contributed by atoms with Crippen LogP contribution in [0.15, 0.2) is 40.5 Å². The molecule has 132 valence electrons. The Labute approximate surface area is 151 Å². The van der Waals surface area contributed by atoms with Gasteiger partial charge in [0.25, 0.3) is 5.56 Å². The second-order valence-electron chi connectivity index (χ2n) is 6.16. The van der Waals surface area contributed by atoms with Gasteiger partial charge in [0.1, 0.15) is 10.7 Å². The van der Waals surface area contributed by atoms with Crippen LogP contribution in [0.5, 0.6) is 0 Å². The van der Waals surface area contributed by atoms with Crippen molar-refractivity contribution in [2.75, 3.05) is 13.2 Å². The van der Waals surface area contributed by atoms with Crippen LogP contribution in [0.4, 0.5) is 0 Å². The van der Waals surface area contributed by atoms with Gasteiger partial charge < -0.3 is 15.0 Å². The second kappa shape index (κ2) is 8.38. The van der Waals surface area contributed by atoms with Gasteiger partial charge in [0, 0.05) is 17.6 Å². The predicted molar refractivity (Wildman–Crippen MR) is 103 cm³/mol. The summed E-state index contributed by atoms with van der Waals surface area (Å²) in [6, 6.07) is 9.94. The molecule has 0 aliphatic carbocycles. The lowest BCUT2D eigenvalue weighted by Gasteiger charge is -2.08. The summed E-state index contributed by atoms with van der Waals surface area (Å²) < 4.78 is 5.50. The molecule has 0 amide bonds. The van der Waals surface area contributed by atoms with Crippen molar-refractivity contribution in [3.63, 3.8) is 0 Å². The molecule has 0 saturated carbocycles. The van der Waals surface area contributed by atoms with Crippen molar-refractivity contribution in [1.82, 2.24) is 15.3 Å². The predicted octanol–water partition coefficient (Wildman–Crippen LogP) is 3.56. The van der Waals surface area contributed by atoms with E-state index in [2.05, 4.69) is 15.3 Å². The highest BCUT2D eigenvalue weighted by molar-refractivity contribution is 7.17. The molecule has 1 aromatic carbocycles. The SMILES string of the molecule is CC(C)OCCCNCc1nc2scc(-c3ccccc3)c2c(=O)[nH]1. The number of thiophene rings is 1. The van der Waals surface area contributed by atoms with E-state index < -0.39 is 0 Å². The van der Waals surface area contributed by atoms with Gasteiger partial charge in [0.15, 0.2) is 0 Å². The first-order chi connectivity index (χ1) is 12.1. The summed E-state index contributed by atoms with van der Waals surface area (Å²) in [4.78, 5) is 20.8. The molecule has 5 nitrogen and oxygen atoms in total. The zero-order chi connectivity index (χ0) is 17.6. The molecule has 0 fully saturated rings. The number of H-pyrrole nitrogens is 1. The third kappa shape index (κ3) is 4.54. The summed E-state index contributed by atoms with van der Waals surface area (Å²) in [6.07, 6.45) is 1.19. The van der Waals surface area contributed by atoms with E-state index in [0.717, 1.165) is 35.5 Å². The van der Waals surface area contributed by atoms with E-state index in [-0.39, 0.29) is 11.7 Å². The average Bonchev–Trinajstić information content (AvgIpc) is 3.03. The van der Waals surface area contributed by atoms with Crippen LogP contribution in [0, 0.1) is 0 Å². The minimum Gasteiger partial charge on any atom is -0.379 e. The van der Waals surface area contributed by atoms with Crippen molar-refractivity contribution >= 4 is 21.6 Å². The minimum absolute atomic E-state index is 0.0787. The van der Waals surface area contributed by atoms with Crippen molar-refractivity contribution in [2.45, 2.75) is 32.9 Å². The van der Waals surface area contributed by atoms with E-state index in [4.69, 9.17) is 4.74 Å². The first-order valence-corrected chi connectivity index (χ1v) is 9.41. The summed E-state index contributed by atoms with van der Waals surface area (Å²) in [5.74, 6) is 0.670. The Morgan fingerprint density at radius 1 is 1.28 bits per heavy atom. The van der Waals surface area contributed by atoms with Crippen LogP contribution in [-0.4, -0.2) is 29.2 Å². The van der Waals surface area contributed by atoms with Crippen molar-refractivity contribution in [3.8, 4) is 11.1 Å². The highest BCUT2D eigenvalue weighted by Crippen LogP contribution is 2.30. The molecule has 0 aliphatic heterocycles. The highest BCUT2D eigenvalue weighted by Gasteiger charge is 2.12. The number of aromatic nitrogens is 2. The van der Waals surface area contributed by atoms with Gasteiger partial charge >= 0.3 is 0 Å². The van der Waals surface area contributed by atoms with Crippen LogP contribution in [0.25, 0.3) is 21.3 Å². The Bertz CT molecular complexity index is 871. The smallest absolute Gasteiger partial charge is 0.260 e. The number of benzene rings is 1. The van der Waals surface area contributed by atoms with Crippen molar-refractivity contribution < 1.29 is 4.74 Å². The van der Waals surface area contributed by atoms with Gasteiger partial charge in [-0.15, -0.1) is 11.3 Å².